The third kappa shape index (κ3) is 3.47. The van der Waals surface area contributed by atoms with Crippen molar-refractivity contribution in [2.75, 3.05) is 37.8 Å². The minimum absolute atomic E-state index is 0.0860. The van der Waals surface area contributed by atoms with E-state index in [0.29, 0.717) is 23.1 Å². The summed E-state index contributed by atoms with van der Waals surface area (Å²) in [5.74, 6) is 1.01. The highest BCUT2D eigenvalue weighted by atomic mass is 16.5. The van der Waals surface area contributed by atoms with Gasteiger partial charge in [-0.25, -0.2) is 9.48 Å². The molecule has 0 aliphatic carbocycles. The lowest BCUT2D eigenvalue weighted by Crippen LogP contribution is -2.31. The number of aromatic nitrogens is 2. The summed E-state index contributed by atoms with van der Waals surface area (Å²) < 4.78 is 6.47. The van der Waals surface area contributed by atoms with Gasteiger partial charge in [0.05, 0.1) is 7.11 Å². The highest BCUT2D eigenvalue weighted by Crippen LogP contribution is 2.26. The Hall–Kier alpha value is -1.76. The second kappa shape index (κ2) is 6.80. The minimum Gasteiger partial charge on any atom is -0.465 e. The summed E-state index contributed by atoms with van der Waals surface area (Å²) in [4.78, 5) is 11.9. The van der Waals surface area contributed by atoms with Gasteiger partial charge in [-0.3, -0.25) is 0 Å². The van der Waals surface area contributed by atoms with Gasteiger partial charge in [0, 0.05) is 12.6 Å². The van der Waals surface area contributed by atoms with E-state index in [1.807, 2.05) is 13.8 Å². The Labute approximate surface area is 125 Å². The first-order chi connectivity index (χ1) is 10.0. The van der Waals surface area contributed by atoms with Crippen LogP contribution in [0.5, 0.6) is 0 Å². The standard InChI is InChI=1S/C14H25N5O2/c1-9(2)19-12(15)11(14(20)21-3)13(18-19)17-8-10-4-6-16-7-5-10/h9-10,16H,4-8,15H2,1-3H3,(H,17,18). The number of carbonyl (C=O) groups excluding carboxylic acids is 1. The van der Waals surface area contributed by atoms with E-state index in [-0.39, 0.29) is 6.04 Å². The van der Waals surface area contributed by atoms with Crippen LogP contribution in [-0.2, 0) is 4.74 Å². The average molecular weight is 295 g/mol. The summed E-state index contributed by atoms with van der Waals surface area (Å²) in [6.07, 6.45) is 2.25. The molecule has 4 N–H and O–H groups in total. The topological polar surface area (TPSA) is 94.2 Å². The van der Waals surface area contributed by atoms with E-state index in [9.17, 15) is 4.79 Å². The van der Waals surface area contributed by atoms with Crippen molar-refractivity contribution in [2.45, 2.75) is 32.7 Å². The van der Waals surface area contributed by atoms with Crippen LogP contribution < -0.4 is 16.4 Å². The maximum absolute atomic E-state index is 11.9. The van der Waals surface area contributed by atoms with Crippen LogP contribution in [0.15, 0.2) is 0 Å². The number of hydrogen-bond acceptors (Lipinski definition) is 6. The molecular weight excluding hydrogens is 270 g/mol. The molecule has 1 fully saturated rings. The Morgan fingerprint density at radius 1 is 1.52 bits per heavy atom. The van der Waals surface area contributed by atoms with Crippen molar-refractivity contribution in [3.8, 4) is 0 Å². The molecule has 1 aliphatic heterocycles. The van der Waals surface area contributed by atoms with Crippen molar-refractivity contribution >= 4 is 17.6 Å². The Morgan fingerprint density at radius 3 is 2.76 bits per heavy atom. The molecule has 7 nitrogen and oxygen atoms in total. The van der Waals surface area contributed by atoms with Gasteiger partial charge < -0.3 is 21.1 Å². The average Bonchev–Trinajstić information content (AvgIpc) is 2.82. The van der Waals surface area contributed by atoms with E-state index in [0.717, 1.165) is 32.5 Å². The van der Waals surface area contributed by atoms with Crippen molar-refractivity contribution < 1.29 is 9.53 Å². The number of nitrogens with two attached hydrogens (primary N) is 1. The van der Waals surface area contributed by atoms with Gasteiger partial charge in [0.25, 0.3) is 0 Å². The van der Waals surface area contributed by atoms with Gasteiger partial charge >= 0.3 is 5.97 Å². The number of hydrogen-bond donors (Lipinski definition) is 3. The zero-order chi connectivity index (χ0) is 15.4. The van der Waals surface area contributed by atoms with Crippen LogP contribution in [0.1, 0.15) is 43.1 Å². The largest absolute Gasteiger partial charge is 0.465 e. The van der Waals surface area contributed by atoms with E-state index < -0.39 is 5.97 Å². The number of carbonyl (C=O) groups is 1. The molecule has 21 heavy (non-hydrogen) atoms. The number of nitrogens with zero attached hydrogens (tertiary/aromatic N) is 2. The lowest BCUT2D eigenvalue weighted by molar-refractivity contribution is 0.0603. The second-order valence-electron chi connectivity index (χ2n) is 5.71. The number of esters is 1. The molecule has 0 radical (unpaired) electrons. The molecule has 0 bridgehead atoms. The van der Waals surface area contributed by atoms with Crippen LogP contribution in [0.3, 0.4) is 0 Å². The van der Waals surface area contributed by atoms with Crippen molar-refractivity contribution in [1.82, 2.24) is 15.1 Å². The van der Waals surface area contributed by atoms with Crippen LogP contribution in [0.2, 0.25) is 0 Å². The van der Waals surface area contributed by atoms with Gasteiger partial charge in [-0.05, 0) is 45.7 Å². The fourth-order valence-electron chi connectivity index (χ4n) is 2.59. The molecular formula is C14H25N5O2. The smallest absolute Gasteiger partial charge is 0.345 e. The van der Waals surface area contributed by atoms with Crippen LogP contribution in [0, 0.1) is 5.92 Å². The van der Waals surface area contributed by atoms with Gasteiger partial charge in [0.2, 0.25) is 0 Å². The van der Waals surface area contributed by atoms with Gasteiger partial charge in [0.15, 0.2) is 5.82 Å². The number of nitrogen functional groups attached to an aromatic ring is 1. The molecule has 1 saturated heterocycles. The third-order valence-electron chi connectivity index (χ3n) is 3.84. The first-order valence-corrected chi connectivity index (χ1v) is 7.45. The van der Waals surface area contributed by atoms with Crippen molar-refractivity contribution in [3.63, 3.8) is 0 Å². The van der Waals surface area contributed by atoms with Crippen LogP contribution in [0.4, 0.5) is 11.6 Å². The Morgan fingerprint density at radius 2 is 2.19 bits per heavy atom. The summed E-state index contributed by atoms with van der Waals surface area (Å²) in [6, 6.07) is 0.0860. The summed E-state index contributed by atoms with van der Waals surface area (Å²) in [5.41, 5.74) is 6.37. The molecule has 0 spiro atoms. The predicted molar refractivity (Wildman–Crippen MR) is 82.4 cm³/mol. The van der Waals surface area contributed by atoms with E-state index in [2.05, 4.69) is 15.7 Å². The Balaban J connectivity index is 2.16. The normalized spacial score (nSPS) is 16.2. The number of nitrogens with one attached hydrogen (secondary N) is 2. The van der Waals surface area contributed by atoms with E-state index in [1.54, 1.807) is 4.68 Å². The lowest BCUT2D eigenvalue weighted by atomic mass is 9.98. The van der Waals surface area contributed by atoms with Crippen molar-refractivity contribution in [3.05, 3.63) is 5.56 Å². The fraction of sp³-hybridized carbons (Fsp3) is 0.714. The van der Waals surface area contributed by atoms with Crippen LogP contribution in [0.25, 0.3) is 0 Å². The molecule has 7 heteroatoms. The predicted octanol–water partition coefficient (Wildman–Crippen LogP) is 1.24. The molecule has 1 aliphatic rings. The molecule has 2 heterocycles. The van der Waals surface area contributed by atoms with Gasteiger partial charge in [-0.2, -0.15) is 5.10 Å². The SMILES string of the molecule is COC(=O)c1c(NCC2CCNCC2)nn(C(C)C)c1N. The number of piperidine rings is 1. The molecule has 0 amide bonds. The first kappa shape index (κ1) is 15.6. The zero-order valence-corrected chi connectivity index (χ0v) is 13.0. The zero-order valence-electron chi connectivity index (χ0n) is 13.0. The van der Waals surface area contributed by atoms with E-state index in [4.69, 9.17) is 10.5 Å². The summed E-state index contributed by atoms with van der Waals surface area (Å²) >= 11 is 0. The summed E-state index contributed by atoms with van der Waals surface area (Å²) in [6.45, 7) is 6.82. The molecule has 0 saturated carbocycles. The summed E-state index contributed by atoms with van der Waals surface area (Å²) in [5, 5.41) is 11.0. The molecule has 118 valence electrons. The quantitative estimate of drug-likeness (QED) is 0.708. The number of ether oxygens (including phenoxy) is 1. The number of methoxy groups -OCH3 is 1. The maximum Gasteiger partial charge on any atom is 0.345 e. The lowest BCUT2D eigenvalue weighted by Gasteiger charge is -2.22. The van der Waals surface area contributed by atoms with Crippen molar-refractivity contribution in [1.29, 1.82) is 0 Å². The first-order valence-electron chi connectivity index (χ1n) is 7.45. The van der Waals surface area contributed by atoms with E-state index in [1.165, 1.54) is 7.11 Å². The Kier molecular flexibility index (Phi) is 5.06. The highest BCUT2D eigenvalue weighted by molar-refractivity contribution is 5.99. The third-order valence-corrected chi connectivity index (χ3v) is 3.84. The number of rotatable bonds is 5. The van der Waals surface area contributed by atoms with Crippen LogP contribution in [-0.4, -0.2) is 42.5 Å². The molecule has 1 aromatic rings. The minimum atomic E-state index is -0.452. The van der Waals surface area contributed by atoms with Gasteiger partial charge in [0.1, 0.15) is 11.4 Å². The molecule has 0 aromatic carbocycles. The van der Waals surface area contributed by atoms with Crippen molar-refractivity contribution in [2.24, 2.45) is 5.92 Å². The van der Waals surface area contributed by atoms with Crippen LogP contribution >= 0.6 is 0 Å². The second-order valence-corrected chi connectivity index (χ2v) is 5.71. The molecule has 0 atom stereocenters. The van der Waals surface area contributed by atoms with E-state index >= 15 is 0 Å². The maximum atomic E-state index is 11.9. The Bertz CT molecular complexity index is 492. The molecule has 2 rings (SSSR count). The van der Waals surface area contributed by atoms with Gasteiger partial charge in [-0.1, -0.05) is 0 Å². The number of anilines is 2. The molecule has 0 unspecified atom stereocenters. The van der Waals surface area contributed by atoms with Gasteiger partial charge in [-0.15, -0.1) is 0 Å². The monoisotopic (exact) mass is 295 g/mol. The molecule has 1 aromatic heterocycles. The summed E-state index contributed by atoms with van der Waals surface area (Å²) in [7, 11) is 1.35. The highest BCUT2D eigenvalue weighted by Gasteiger charge is 2.24. The fourth-order valence-corrected chi connectivity index (χ4v) is 2.59.